The van der Waals surface area contributed by atoms with E-state index in [4.69, 9.17) is 0 Å². The first-order chi connectivity index (χ1) is 7.32. The standard InChI is InChI=1S/C12H20N2S/c1-13-9-12(6-4-7-12)11(14-2)10-5-3-8-15-10/h3,5,8,11,13-14H,4,6-7,9H2,1-2H3. The van der Waals surface area contributed by atoms with Crippen molar-refractivity contribution < 1.29 is 0 Å². The van der Waals surface area contributed by atoms with Crippen LogP contribution in [0.15, 0.2) is 17.5 Å². The Morgan fingerprint density at radius 3 is 2.67 bits per heavy atom. The van der Waals surface area contributed by atoms with Gasteiger partial charge in [-0.1, -0.05) is 12.5 Å². The van der Waals surface area contributed by atoms with Gasteiger partial charge in [0.15, 0.2) is 0 Å². The molecule has 3 heteroatoms. The summed E-state index contributed by atoms with van der Waals surface area (Å²) in [7, 11) is 4.14. The third-order valence-corrected chi connectivity index (χ3v) is 4.54. The van der Waals surface area contributed by atoms with E-state index in [-0.39, 0.29) is 0 Å². The molecule has 1 unspecified atom stereocenters. The summed E-state index contributed by atoms with van der Waals surface area (Å²) >= 11 is 1.87. The van der Waals surface area contributed by atoms with Crippen LogP contribution in [0.4, 0.5) is 0 Å². The van der Waals surface area contributed by atoms with Gasteiger partial charge in [-0.2, -0.15) is 0 Å². The molecule has 0 amide bonds. The van der Waals surface area contributed by atoms with Gasteiger partial charge in [0, 0.05) is 22.9 Å². The second kappa shape index (κ2) is 4.64. The second-order valence-corrected chi connectivity index (χ2v) is 5.46. The number of hydrogen-bond acceptors (Lipinski definition) is 3. The van der Waals surface area contributed by atoms with Crippen molar-refractivity contribution in [1.29, 1.82) is 0 Å². The lowest BCUT2D eigenvalue weighted by atomic mass is 9.63. The molecule has 1 heterocycles. The Morgan fingerprint density at radius 1 is 1.47 bits per heavy atom. The predicted octanol–water partition coefficient (Wildman–Crippen LogP) is 2.40. The molecule has 0 saturated heterocycles. The van der Waals surface area contributed by atoms with Crippen molar-refractivity contribution in [2.45, 2.75) is 25.3 Å². The third-order valence-electron chi connectivity index (χ3n) is 3.61. The SMILES string of the molecule is CNCC1(C(NC)c2cccs2)CCC1. The Morgan fingerprint density at radius 2 is 2.27 bits per heavy atom. The fourth-order valence-corrected chi connectivity index (χ4v) is 3.73. The maximum absolute atomic E-state index is 3.50. The van der Waals surface area contributed by atoms with Gasteiger partial charge in [0.2, 0.25) is 0 Å². The summed E-state index contributed by atoms with van der Waals surface area (Å²) in [5, 5.41) is 9.03. The van der Waals surface area contributed by atoms with Gasteiger partial charge in [-0.05, 0) is 38.4 Å². The van der Waals surface area contributed by atoms with Gasteiger partial charge >= 0.3 is 0 Å². The Bertz CT molecular complexity index is 291. The van der Waals surface area contributed by atoms with E-state index < -0.39 is 0 Å². The lowest BCUT2D eigenvalue weighted by molar-refractivity contribution is 0.0806. The number of rotatable bonds is 5. The minimum atomic E-state index is 0.453. The molecule has 84 valence electrons. The first kappa shape index (κ1) is 11.1. The fraction of sp³-hybridized carbons (Fsp3) is 0.667. The Balaban J connectivity index is 2.17. The molecule has 1 atom stereocenters. The minimum absolute atomic E-state index is 0.453. The van der Waals surface area contributed by atoms with Crippen molar-refractivity contribution in [2.24, 2.45) is 5.41 Å². The first-order valence-electron chi connectivity index (χ1n) is 5.68. The van der Waals surface area contributed by atoms with Crippen LogP contribution >= 0.6 is 11.3 Å². The van der Waals surface area contributed by atoms with Crippen molar-refractivity contribution in [1.82, 2.24) is 10.6 Å². The Kier molecular flexibility index (Phi) is 3.44. The highest BCUT2D eigenvalue weighted by Crippen LogP contribution is 2.50. The molecule has 1 aliphatic carbocycles. The number of nitrogens with one attached hydrogen (secondary N) is 2. The van der Waals surface area contributed by atoms with Crippen molar-refractivity contribution in [3.05, 3.63) is 22.4 Å². The molecule has 0 aliphatic heterocycles. The summed E-state index contributed by atoms with van der Waals surface area (Å²) < 4.78 is 0. The van der Waals surface area contributed by atoms with E-state index in [1.807, 2.05) is 11.3 Å². The lowest BCUT2D eigenvalue weighted by Gasteiger charge is -2.47. The zero-order valence-corrected chi connectivity index (χ0v) is 10.4. The van der Waals surface area contributed by atoms with E-state index in [1.165, 1.54) is 24.1 Å². The molecule has 15 heavy (non-hydrogen) atoms. The van der Waals surface area contributed by atoms with E-state index in [9.17, 15) is 0 Å². The fourth-order valence-electron chi connectivity index (χ4n) is 2.76. The normalized spacial score (nSPS) is 20.9. The van der Waals surface area contributed by atoms with E-state index >= 15 is 0 Å². The number of thiophene rings is 1. The van der Waals surface area contributed by atoms with Crippen molar-refractivity contribution in [2.75, 3.05) is 20.6 Å². The molecule has 1 aromatic rings. The molecule has 2 nitrogen and oxygen atoms in total. The second-order valence-electron chi connectivity index (χ2n) is 4.48. The Hall–Kier alpha value is -0.380. The zero-order valence-electron chi connectivity index (χ0n) is 9.55. The predicted molar refractivity (Wildman–Crippen MR) is 66.3 cm³/mol. The zero-order chi connectivity index (χ0) is 10.7. The highest BCUT2D eigenvalue weighted by molar-refractivity contribution is 7.10. The summed E-state index contributed by atoms with van der Waals surface area (Å²) in [4.78, 5) is 1.48. The molecule has 0 radical (unpaired) electrons. The van der Waals surface area contributed by atoms with Crippen LogP contribution in [0, 0.1) is 5.41 Å². The molecular formula is C12H20N2S. The van der Waals surface area contributed by atoms with Crippen LogP contribution < -0.4 is 10.6 Å². The molecule has 1 fully saturated rings. The van der Waals surface area contributed by atoms with Crippen LogP contribution in [0.25, 0.3) is 0 Å². The molecular weight excluding hydrogens is 204 g/mol. The average Bonchev–Trinajstić information content (AvgIpc) is 2.68. The van der Waals surface area contributed by atoms with Crippen LogP contribution in [-0.2, 0) is 0 Å². The monoisotopic (exact) mass is 224 g/mol. The van der Waals surface area contributed by atoms with Crippen molar-refractivity contribution >= 4 is 11.3 Å². The van der Waals surface area contributed by atoms with Crippen molar-refractivity contribution in [3.63, 3.8) is 0 Å². The quantitative estimate of drug-likeness (QED) is 0.802. The molecule has 1 saturated carbocycles. The van der Waals surface area contributed by atoms with Crippen LogP contribution in [0.1, 0.15) is 30.2 Å². The molecule has 1 aliphatic rings. The molecule has 2 rings (SSSR count). The average molecular weight is 224 g/mol. The summed E-state index contributed by atoms with van der Waals surface area (Å²) in [6, 6.07) is 4.93. The third kappa shape index (κ3) is 1.96. The maximum atomic E-state index is 3.50. The van der Waals surface area contributed by atoms with Gasteiger partial charge in [-0.15, -0.1) is 11.3 Å². The summed E-state index contributed by atoms with van der Waals surface area (Å²) in [6.07, 6.45) is 4.07. The van der Waals surface area contributed by atoms with Gasteiger partial charge in [-0.3, -0.25) is 0 Å². The van der Waals surface area contributed by atoms with Gasteiger partial charge in [0.1, 0.15) is 0 Å². The summed E-state index contributed by atoms with van der Waals surface area (Å²) in [6.45, 7) is 1.12. The lowest BCUT2D eigenvalue weighted by Crippen LogP contribution is -2.47. The largest absolute Gasteiger partial charge is 0.319 e. The van der Waals surface area contributed by atoms with Crippen LogP contribution in [0.5, 0.6) is 0 Å². The topological polar surface area (TPSA) is 24.1 Å². The van der Waals surface area contributed by atoms with Gasteiger partial charge in [0.05, 0.1) is 0 Å². The van der Waals surface area contributed by atoms with Gasteiger partial charge < -0.3 is 10.6 Å². The molecule has 0 spiro atoms. The molecule has 2 N–H and O–H groups in total. The van der Waals surface area contributed by atoms with Crippen molar-refractivity contribution in [3.8, 4) is 0 Å². The van der Waals surface area contributed by atoms with Crippen LogP contribution in [-0.4, -0.2) is 20.6 Å². The van der Waals surface area contributed by atoms with Gasteiger partial charge in [0.25, 0.3) is 0 Å². The molecule has 1 aromatic heterocycles. The van der Waals surface area contributed by atoms with Gasteiger partial charge in [-0.25, -0.2) is 0 Å². The van der Waals surface area contributed by atoms with E-state index in [1.54, 1.807) is 0 Å². The highest BCUT2D eigenvalue weighted by Gasteiger charge is 2.43. The minimum Gasteiger partial charge on any atom is -0.319 e. The Labute approximate surface area is 96.1 Å². The van der Waals surface area contributed by atoms with E-state index in [0.717, 1.165) is 6.54 Å². The van der Waals surface area contributed by atoms with Crippen LogP contribution in [0.2, 0.25) is 0 Å². The molecule has 0 bridgehead atoms. The number of hydrogen-bond donors (Lipinski definition) is 2. The summed E-state index contributed by atoms with van der Waals surface area (Å²) in [5.41, 5.74) is 0.453. The smallest absolute Gasteiger partial charge is 0.0481 e. The first-order valence-corrected chi connectivity index (χ1v) is 6.56. The van der Waals surface area contributed by atoms with Crippen LogP contribution in [0.3, 0.4) is 0 Å². The maximum Gasteiger partial charge on any atom is 0.0481 e. The highest BCUT2D eigenvalue weighted by atomic mass is 32.1. The summed E-state index contributed by atoms with van der Waals surface area (Å²) in [5.74, 6) is 0. The van der Waals surface area contributed by atoms with E-state index in [0.29, 0.717) is 11.5 Å². The molecule has 0 aromatic carbocycles. The van der Waals surface area contributed by atoms with E-state index in [2.05, 4.69) is 42.2 Å².